The fraction of sp³-hybridized carbons (Fsp3) is 0.0435. The lowest BCUT2D eigenvalue weighted by molar-refractivity contribution is -0.112. The molecule has 0 heterocycles. The normalized spacial score (nSPS) is 11.0. The molecular weight excluding hydrogens is 551 g/mol. The summed E-state index contributed by atoms with van der Waals surface area (Å²) >= 11 is 13.1. The quantitative estimate of drug-likeness (QED) is 0.256. The van der Waals surface area contributed by atoms with Crippen molar-refractivity contribution >= 4 is 61.1 Å². The number of anilines is 1. The lowest BCUT2D eigenvalue weighted by Crippen LogP contribution is -2.13. The summed E-state index contributed by atoms with van der Waals surface area (Å²) in [5.41, 5.74) is 1.73. The monoisotopic (exact) mass is 562 g/mol. The minimum Gasteiger partial charge on any atom is -0.486 e. The summed E-state index contributed by atoms with van der Waals surface area (Å²) in [6.45, 7) is 0.273. The van der Waals surface area contributed by atoms with Crippen molar-refractivity contribution in [1.29, 1.82) is 5.26 Å². The van der Waals surface area contributed by atoms with Crippen molar-refractivity contribution in [3.63, 3.8) is 0 Å². The van der Waals surface area contributed by atoms with Gasteiger partial charge in [-0.2, -0.15) is 5.26 Å². The molecule has 0 saturated heterocycles. The Morgan fingerprint density at radius 2 is 1.77 bits per heavy atom. The molecule has 3 rings (SSSR count). The topological polar surface area (TPSA) is 62.1 Å². The number of ether oxygens (including phenoxy) is 1. The van der Waals surface area contributed by atoms with Gasteiger partial charge in [-0.25, -0.2) is 4.39 Å². The molecule has 0 fully saturated rings. The maximum atomic E-state index is 13.0. The largest absolute Gasteiger partial charge is 0.486 e. The Morgan fingerprint density at radius 3 is 2.39 bits per heavy atom. The van der Waals surface area contributed by atoms with Crippen LogP contribution in [0.2, 0.25) is 5.02 Å². The number of amides is 1. The molecule has 3 aromatic rings. The van der Waals surface area contributed by atoms with E-state index >= 15 is 0 Å². The minimum atomic E-state index is -0.597. The molecule has 0 aliphatic carbocycles. The smallest absolute Gasteiger partial charge is 0.266 e. The SMILES string of the molecule is N#C/C(=C\c1cc(Br)c(OCc2ccccc2Cl)c(Br)c1)C(=O)Nc1ccc(F)cc1. The number of carbonyl (C=O) groups is 1. The van der Waals surface area contributed by atoms with Crippen molar-refractivity contribution in [3.8, 4) is 11.8 Å². The van der Waals surface area contributed by atoms with Crippen molar-refractivity contribution in [2.45, 2.75) is 6.61 Å². The van der Waals surface area contributed by atoms with Gasteiger partial charge in [0.1, 0.15) is 29.8 Å². The second-order valence-electron chi connectivity index (χ2n) is 6.32. The van der Waals surface area contributed by atoms with E-state index in [0.29, 0.717) is 31.0 Å². The molecule has 0 bridgehead atoms. The summed E-state index contributed by atoms with van der Waals surface area (Å²) in [5.74, 6) is -0.452. The van der Waals surface area contributed by atoms with Crippen LogP contribution < -0.4 is 10.1 Å². The molecule has 4 nitrogen and oxygen atoms in total. The summed E-state index contributed by atoms with van der Waals surface area (Å²) in [5, 5.41) is 12.6. The molecule has 156 valence electrons. The highest BCUT2D eigenvalue weighted by Crippen LogP contribution is 2.36. The summed E-state index contributed by atoms with van der Waals surface area (Å²) in [7, 11) is 0. The molecule has 1 amide bonds. The molecular formula is C23H14Br2ClFN2O2. The van der Waals surface area contributed by atoms with E-state index in [1.54, 1.807) is 18.2 Å². The number of rotatable bonds is 6. The molecule has 3 aromatic carbocycles. The maximum absolute atomic E-state index is 13.0. The van der Waals surface area contributed by atoms with Crippen LogP contribution in [0, 0.1) is 17.1 Å². The van der Waals surface area contributed by atoms with Crippen LogP contribution in [0.4, 0.5) is 10.1 Å². The van der Waals surface area contributed by atoms with Gasteiger partial charge in [0.15, 0.2) is 0 Å². The van der Waals surface area contributed by atoms with Gasteiger partial charge in [-0.3, -0.25) is 4.79 Å². The fourth-order valence-corrected chi connectivity index (χ4v) is 4.25. The second kappa shape index (κ2) is 10.6. The van der Waals surface area contributed by atoms with E-state index in [0.717, 1.165) is 5.56 Å². The van der Waals surface area contributed by atoms with Crippen LogP contribution in [0.5, 0.6) is 5.75 Å². The Kier molecular flexibility index (Phi) is 7.85. The molecule has 0 spiro atoms. The summed E-state index contributed by atoms with van der Waals surface area (Å²) in [6, 6.07) is 18.0. The van der Waals surface area contributed by atoms with Crippen molar-refractivity contribution in [3.05, 3.63) is 97.1 Å². The van der Waals surface area contributed by atoms with Crippen LogP contribution in [0.1, 0.15) is 11.1 Å². The van der Waals surface area contributed by atoms with E-state index in [9.17, 15) is 14.4 Å². The first-order chi connectivity index (χ1) is 14.9. The predicted molar refractivity (Wildman–Crippen MR) is 126 cm³/mol. The highest BCUT2D eigenvalue weighted by molar-refractivity contribution is 9.11. The molecule has 0 aromatic heterocycles. The molecule has 0 aliphatic heterocycles. The van der Waals surface area contributed by atoms with Crippen molar-refractivity contribution < 1.29 is 13.9 Å². The summed E-state index contributed by atoms with van der Waals surface area (Å²) < 4.78 is 20.2. The minimum absolute atomic E-state index is 0.104. The summed E-state index contributed by atoms with van der Waals surface area (Å²) in [4.78, 5) is 12.4. The Hall–Kier alpha value is -2.66. The van der Waals surface area contributed by atoms with Gasteiger partial charge in [0.25, 0.3) is 5.91 Å². The molecule has 0 unspecified atom stereocenters. The molecule has 0 saturated carbocycles. The first-order valence-electron chi connectivity index (χ1n) is 8.91. The van der Waals surface area contributed by atoms with Gasteiger partial charge in [-0.15, -0.1) is 0 Å². The van der Waals surface area contributed by atoms with Crippen molar-refractivity contribution in [1.82, 2.24) is 0 Å². The van der Waals surface area contributed by atoms with E-state index in [4.69, 9.17) is 16.3 Å². The second-order valence-corrected chi connectivity index (χ2v) is 8.44. The van der Waals surface area contributed by atoms with Gasteiger partial charge in [0, 0.05) is 16.3 Å². The number of carbonyl (C=O) groups excluding carboxylic acids is 1. The fourth-order valence-electron chi connectivity index (χ4n) is 2.61. The number of benzene rings is 3. The molecule has 0 radical (unpaired) electrons. The van der Waals surface area contributed by atoms with Crippen LogP contribution in [-0.4, -0.2) is 5.91 Å². The highest BCUT2D eigenvalue weighted by atomic mass is 79.9. The number of nitrogens with zero attached hydrogens (tertiary/aromatic N) is 1. The van der Waals surface area contributed by atoms with Gasteiger partial charge in [-0.05, 0) is 86.0 Å². The Morgan fingerprint density at radius 1 is 1.13 bits per heavy atom. The van der Waals surface area contributed by atoms with E-state index in [1.807, 2.05) is 24.3 Å². The lowest BCUT2D eigenvalue weighted by Gasteiger charge is -2.12. The van der Waals surface area contributed by atoms with Crippen molar-refractivity contribution in [2.24, 2.45) is 0 Å². The third kappa shape index (κ3) is 6.17. The first kappa shape index (κ1) is 23.0. The van der Waals surface area contributed by atoms with Crippen LogP contribution >= 0.6 is 43.5 Å². The van der Waals surface area contributed by atoms with Gasteiger partial charge >= 0.3 is 0 Å². The zero-order valence-electron chi connectivity index (χ0n) is 15.8. The van der Waals surface area contributed by atoms with E-state index in [-0.39, 0.29) is 12.2 Å². The van der Waals surface area contributed by atoms with Crippen LogP contribution in [0.3, 0.4) is 0 Å². The van der Waals surface area contributed by atoms with Gasteiger partial charge in [-0.1, -0.05) is 29.8 Å². The average Bonchev–Trinajstić information content (AvgIpc) is 2.74. The number of hydrogen-bond acceptors (Lipinski definition) is 3. The Bertz CT molecular complexity index is 1170. The predicted octanol–water partition coefficient (Wildman–Crippen LogP) is 7.13. The standard InChI is InChI=1S/C23H14Br2ClFN2O2/c24-19-10-14(9-16(12-28)23(30)29-18-7-5-17(27)6-8-18)11-20(25)22(19)31-13-15-3-1-2-4-21(15)26/h1-11H,13H2,(H,29,30)/b16-9+. The number of halogens is 4. The lowest BCUT2D eigenvalue weighted by atomic mass is 10.1. The van der Waals surface area contributed by atoms with E-state index in [2.05, 4.69) is 37.2 Å². The summed E-state index contributed by atoms with van der Waals surface area (Å²) in [6.07, 6.45) is 1.45. The van der Waals surface area contributed by atoms with Gasteiger partial charge in [0.05, 0.1) is 8.95 Å². The van der Waals surface area contributed by atoms with Gasteiger partial charge in [0.2, 0.25) is 0 Å². The highest BCUT2D eigenvalue weighted by Gasteiger charge is 2.13. The Balaban J connectivity index is 1.77. The third-order valence-corrected chi connectivity index (χ3v) is 5.68. The van der Waals surface area contributed by atoms with Gasteiger partial charge < -0.3 is 10.1 Å². The van der Waals surface area contributed by atoms with E-state index in [1.165, 1.54) is 30.3 Å². The number of hydrogen-bond donors (Lipinski definition) is 1. The molecule has 0 atom stereocenters. The molecule has 31 heavy (non-hydrogen) atoms. The Labute approximate surface area is 200 Å². The number of nitriles is 1. The zero-order valence-corrected chi connectivity index (χ0v) is 19.8. The molecule has 8 heteroatoms. The zero-order chi connectivity index (χ0) is 22.4. The van der Waals surface area contributed by atoms with Crippen molar-refractivity contribution in [2.75, 3.05) is 5.32 Å². The van der Waals surface area contributed by atoms with Crippen LogP contribution in [0.15, 0.2) is 75.2 Å². The number of nitrogens with one attached hydrogen (secondary N) is 1. The molecule has 1 N–H and O–H groups in total. The first-order valence-corrected chi connectivity index (χ1v) is 10.9. The molecule has 0 aliphatic rings. The third-order valence-electron chi connectivity index (χ3n) is 4.13. The van der Waals surface area contributed by atoms with E-state index < -0.39 is 11.7 Å². The average molecular weight is 565 g/mol. The maximum Gasteiger partial charge on any atom is 0.266 e. The van der Waals surface area contributed by atoms with Crippen LogP contribution in [0.25, 0.3) is 6.08 Å². The van der Waals surface area contributed by atoms with Crippen LogP contribution in [-0.2, 0) is 11.4 Å².